The van der Waals surface area contributed by atoms with Gasteiger partial charge in [-0.15, -0.1) is 0 Å². The molecular formula is C19H16N2O2. The van der Waals surface area contributed by atoms with Gasteiger partial charge in [0, 0.05) is 10.9 Å². The second-order valence-electron chi connectivity index (χ2n) is 5.48. The molecule has 0 spiro atoms. The summed E-state index contributed by atoms with van der Waals surface area (Å²) >= 11 is 0. The van der Waals surface area contributed by atoms with Crippen LogP contribution in [0, 0.1) is 18.3 Å². The maximum atomic E-state index is 12.5. The lowest BCUT2D eigenvalue weighted by atomic mass is 10.1. The third kappa shape index (κ3) is 2.82. The summed E-state index contributed by atoms with van der Waals surface area (Å²) in [6, 6.07) is 16.7. The van der Waals surface area contributed by atoms with Gasteiger partial charge in [0.2, 0.25) is 0 Å². The van der Waals surface area contributed by atoms with Crippen molar-refractivity contribution >= 4 is 16.9 Å². The number of carbonyl (C=O) groups is 1. The van der Waals surface area contributed by atoms with Crippen molar-refractivity contribution in [3.63, 3.8) is 0 Å². The molecule has 0 aliphatic carbocycles. The zero-order valence-electron chi connectivity index (χ0n) is 13.0. The van der Waals surface area contributed by atoms with Crippen LogP contribution in [0.15, 0.2) is 52.9 Å². The topological polar surface area (TPSA) is 66.0 Å². The Morgan fingerprint density at radius 1 is 1.17 bits per heavy atom. The standard InChI is InChI=1S/C19H16N2O2/c1-12-16-5-3-4-6-17(16)23-18(12)19(22)21-13(2)15-9-7-14(11-20)8-10-15/h3-10,13H,1-2H3,(H,21,22). The molecule has 3 rings (SSSR count). The van der Waals surface area contributed by atoms with Crippen LogP contribution in [0.2, 0.25) is 0 Å². The summed E-state index contributed by atoms with van der Waals surface area (Å²) < 4.78 is 5.68. The number of rotatable bonds is 3. The molecule has 23 heavy (non-hydrogen) atoms. The van der Waals surface area contributed by atoms with Crippen LogP contribution in [0.25, 0.3) is 11.0 Å². The molecule has 0 aliphatic heterocycles. The molecule has 2 aromatic carbocycles. The largest absolute Gasteiger partial charge is 0.451 e. The van der Waals surface area contributed by atoms with Crippen molar-refractivity contribution in [2.45, 2.75) is 19.9 Å². The highest BCUT2D eigenvalue weighted by molar-refractivity contribution is 5.99. The van der Waals surface area contributed by atoms with E-state index < -0.39 is 0 Å². The number of amides is 1. The first-order valence-electron chi connectivity index (χ1n) is 7.39. The maximum absolute atomic E-state index is 12.5. The number of nitrogens with one attached hydrogen (secondary N) is 1. The van der Waals surface area contributed by atoms with Crippen LogP contribution >= 0.6 is 0 Å². The van der Waals surface area contributed by atoms with Gasteiger partial charge >= 0.3 is 0 Å². The lowest BCUT2D eigenvalue weighted by molar-refractivity contribution is 0.0913. The van der Waals surface area contributed by atoms with Crippen molar-refractivity contribution < 1.29 is 9.21 Å². The molecule has 4 heteroatoms. The Labute approximate surface area is 134 Å². The monoisotopic (exact) mass is 304 g/mol. The maximum Gasteiger partial charge on any atom is 0.287 e. The quantitative estimate of drug-likeness (QED) is 0.792. The van der Waals surface area contributed by atoms with E-state index in [0.717, 1.165) is 16.5 Å². The molecule has 1 aromatic heterocycles. The fourth-order valence-electron chi connectivity index (χ4n) is 2.58. The van der Waals surface area contributed by atoms with Gasteiger partial charge in [0.1, 0.15) is 5.58 Å². The van der Waals surface area contributed by atoms with E-state index in [1.165, 1.54) is 0 Å². The smallest absolute Gasteiger partial charge is 0.287 e. The van der Waals surface area contributed by atoms with Crippen molar-refractivity contribution in [3.8, 4) is 6.07 Å². The first-order chi connectivity index (χ1) is 11.1. The highest BCUT2D eigenvalue weighted by Gasteiger charge is 2.19. The summed E-state index contributed by atoms with van der Waals surface area (Å²) in [7, 11) is 0. The van der Waals surface area contributed by atoms with Crippen LogP contribution in [-0.2, 0) is 0 Å². The summed E-state index contributed by atoms with van der Waals surface area (Å²) in [5.74, 6) is 0.0993. The van der Waals surface area contributed by atoms with Gasteiger partial charge in [-0.25, -0.2) is 0 Å². The summed E-state index contributed by atoms with van der Waals surface area (Å²) in [4.78, 5) is 12.5. The van der Waals surface area contributed by atoms with Gasteiger partial charge in [-0.1, -0.05) is 30.3 Å². The van der Waals surface area contributed by atoms with Gasteiger partial charge in [0.05, 0.1) is 17.7 Å². The predicted octanol–water partition coefficient (Wildman–Crippen LogP) is 4.10. The molecule has 1 atom stereocenters. The SMILES string of the molecule is Cc1c(C(=O)NC(C)c2ccc(C#N)cc2)oc2ccccc12. The molecule has 1 N–H and O–H groups in total. The van der Waals surface area contributed by atoms with Crippen molar-refractivity contribution in [2.75, 3.05) is 0 Å². The van der Waals surface area contributed by atoms with Crippen LogP contribution in [0.5, 0.6) is 0 Å². The Bertz CT molecular complexity index is 901. The predicted molar refractivity (Wildman–Crippen MR) is 88.0 cm³/mol. The summed E-state index contributed by atoms with van der Waals surface area (Å²) in [5.41, 5.74) is 3.08. The number of hydrogen-bond acceptors (Lipinski definition) is 3. The van der Waals surface area contributed by atoms with E-state index in [1.807, 2.05) is 50.2 Å². The van der Waals surface area contributed by atoms with E-state index in [1.54, 1.807) is 12.1 Å². The fraction of sp³-hybridized carbons (Fsp3) is 0.158. The Morgan fingerprint density at radius 3 is 2.52 bits per heavy atom. The Morgan fingerprint density at radius 2 is 1.87 bits per heavy atom. The minimum atomic E-state index is -0.240. The summed E-state index contributed by atoms with van der Waals surface area (Å²) in [6.07, 6.45) is 0. The van der Waals surface area contributed by atoms with Crippen molar-refractivity contribution in [1.82, 2.24) is 5.32 Å². The lowest BCUT2D eigenvalue weighted by Crippen LogP contribution is -2.26. The highest BCUT2D eigenvalue weighted by atomic mass is 16.3. The van der Waals surface area contributed by atoms with E-state index in [2.05, 4.69) is 11.4 Å². The lowest BCUT2D eigenvalue weighted by Gasteiger charge is -2.13. The number of para-hydroxylation sites is 1. The summed E-state index contributed by atoms with van der Waals surface area (Å²) in [5, 5.41) is 12.7. The second kappa shape index (κ2) is 5.98. The fourth-order valence-corrected chi connectivity index (χ4v) is 2.58. The van der Waals surface area contributed by atoms with Gasteiger partial charge < -0.3 is 9.73 Å². The molecule has 1 unspecified atom stereocenters. The third-order valence-electron chi connectivity index (χ3n) is 3.94. The number of furan rings is 1. The third-order valence-corrected chi connectivity index (χ3v) is 3.94. The van der Waals surface area contributed by atoms with Gasteiger partial charge in [-0.2, -0.15) is 5.26 Å². The second-order valence-corrected chi connectivity index (χ2v) is 5.48. The normalized spacial score (nSPS) is 11.9. The molecule has 0 fully saturated rings. The van der Waals surface area contributed by atoms with Crippen LogP contribution < -0.4 is 5.32 Å². The van der Waals surface area contributed by atoms with Crippen molar-refractivity contribution in [2.24, 2.45) is 0 Å². The number of aryl methyl sites for hydroxylation is 1. The molecule has 1 heterocycles. The number of hydrogen-bond donors (Lipinski definition) is 1. The molecule has 0 aliphatic rings. The van der Waals surface area contributed by atoms with E-state index in [4.69, 9.17) is 9.68 Å². The molecule has 0 saturated carbocycles. The van der Waals surface area contributed by atoms with Crippen LogP contribution in [0.4, 0.5) is 0 Å². The average Bonchev–Trinajstić information content (AvgIpc) is 2.92. The van der Waals surface area contributed by atoms with E-state index in [9.17, 15) is 4.79 Å². The molecule has 0 bridgehead atoms. The van der Waals surface area contributed by atoms with Crippen LogP contribution in [0.3, 0.4) is 0 Å². The first-order valence-corrected chi connectivity index (χ1v) is 7.39. The van der Waals surface area contributed by atoms with Crippen LogP contribution in [0.1, 0.15) is 40.2 Å². The average molecular weight is 304 g/mol. The molecule has 4 nitrogen and oxygen atoms in total. The molecule has 3 aromatic rings. The Balaban J connectivity index is 1.82. The molecule has 0 radical (unpaired) electrons. The van der Waals surface area contributed by atoms with E-state index in [-0.39, 0.29) is 11.9 Å². The minimum Gasteiger partial charge on any atom is -0.451 e. The number of fused-ring (bicyclic) bond motifs is 1. The highest BCUT2D eigenvalue weighted by Crippen LogP contribution is 2.25. The zero-order valence-corrected chi connectivity index (χ0v) is 13.0. The summed E-state index contributed by atoms with van der Waals surface area (Å²) in [6.45, 7) is 3.78. The molecule has 114 valence electrons. The minimum absolute atomic E-state index is 0.178. The van der Waals surface area contributed by atoms with Crippen LogP contribution in [-0.4, -0.2) is 5.91 Å². The Hall–Kier alpha value is -3.06. The number of nitriles is 1. The van der Waals surface area contributed by atoms with Gasteiger partial charge in [-0.3, -0.25) is 4.79 Å². The first kappa shape index (κ1) is 14.9. The Kier molecular flexibility index (Phi) is 3.86. The zero-order chi connectivity index (χ0) is 16.4. The molecule has 0 saturated heterocycles. The number of benzene rings is 2. The molecular weight excluding hydrogens is 288 g/mol. The van der Waals surface area contributed by atoms with Gasteiger partial charge in [0.15, 0.2) is 5.76 Å². The molecule has 1 amide bonds. The van der Waals surface area contributed by atoms with Gasteiger partial charge in [0.25, 0.3) is 5.91 Å². The number of nitrogens with zero attached hydrogens (tertiary/aromatic N) is 1. The van der Waals surface area contributed by atoms with E-state index >= 15 is 0 Å². The van der Waals surface area contributed by atoms with Crippen molar-refractivity contribution in [1.29, 1.82) is 5.26 Å². The van der Waals surface area contributed by atoms with E-state index in [0.29, 0.717) is 16.9 Å². The van der Waals surface area contributed by atoms with Crippen molar-refractivity contribution in [3.05, 3.63) is 71.0 Å². The van der Waals surface area contributed by atoms with Gasteiger partial charge in [-0.05, 0) is 37.6 Å². The number of carbonyl (C=O) groups excluding carboxylic acids is 1.